The molecule has 0 N–H and O–H groups in total. The van der Waals surface area contributed by atoms with Crippen molar-refractivity contribution in [2.24, 2.45) is 0 Å². The summed E-state index contributed by atoms with van der Waals surface area (Å²) in [5, 5.41) is 15.9. The fraction of sp³-hybridized carbons (Fsp3) is 0. The van der Waals surface area contributed by atoms with Gasteiger partial charge in [0.05, 0.1) is 10.6 Å². The number of hydrogen-bond donors (Lipinski definition) is 0. The van der Waals surface area contributed by atoms with E-state index in [-0.39, 0.29) is 0 Å². The summed E-state index contributed by atoms with van der Waals surface area (Å²) in [4.78, 5) is 0. The lowest BCUT2D eigenvalue weighted by Gasteiger charge is -1.86. The Morgan fingerprint density at radius 1 is 1.27 bits per heavy atom. The molecule has 0 aromatic heterocycles. The molecule has 0 heterocycles. The van der Waals surface area contributed by atoms with E-state index >= 15 is 0 Å². The molecule has 0 aliphatic carbocycles. The first-order valence-corrected chi connectivity index (χ1v) is 4.85. The van der Waals surface area contributed by atoms with Crippen LogP contribution in [0.15, 0.2) is 47.5 Å². The minimum absolute atomic E-state index is 0.373. The lowest BCUT2D eigenvalue weighted by molar-refractivity contribution is 1.53. The highest BCUT2D eigenvalue weighted by atomic mass is 79.9. The normalized spacial score (nSPS) is 8.20. The van der Waals surface area contributed by atoms with E-state index in [0.717, 1.165) is 5.56 Å². The molecule has 74 valence electrons. The number of hydrogen-bond acceptors (Lipinski definition) is 2. The number of benzene rings is 1. The molecule has 0 aliphatic heterocycles. The van der Waals surface area contributed by atoms with Crippen LogP contribution < -0.4 is 0 Å². The van der Waals surface area contributed by atoms with E-state index in [1.807, 2.05) is 36.4 Å². The predicted octanol–water partition coefficient (Wildman–Crippen LogP) is 3.64. The van der Waals surface area contributed by atoms with Crippen molar-refractivity contribution in [2.75, 3.05) is 0 Å². The Morgan fingerprint density at radius 2 is 1.80 bits per heavy atom. The standard InChI is InChI=1S/C9H7N.C3H2BrN/c10-8-4-7-9-5-2-1-3-6-9;1-3(4)2-5/h1-7H;1H2. The largest absolute Gasteiger partial charge is 0.193 e. The van der Waals surface area contributed by atoms with Gasteiger partial charge < -0.3 is 0 Å². The molecular formula is C12H9BrN2. The Hall–Kier alpha value is -1.84. The Kier molecular flexibility index (Phi) is 7.67. The first-order valence-electron chi connectivity index (χ1n) is 4.06. The van der Waals surface area contributed by atoms with Gasteiger partial charge in [-0.2, -0.15) is 10.5 Å². The van der Waals surface area contributed by atoms with Crippen molar-refractivity contribution >= 4 is 22.0 Å². The average molecular weight is 261 g/mol. The second-order valence-electron chi connectivity index (χ2n) is 2.39. The van der Waals surface area contributed by atoms with Gasteiger partial charge in [-0.25, -0.2) is 0 Å². The minimum Gasteiger partial charge on any atom is -0.193 e. The van der Waals surface area contributed by atoms with Crippen LogP contribution in [-0.4, -0.2) is 0 Å². The van der Waals surface area contributed by atoms with Crippen LogP contribution in [0, 0.1) is 22.7 Å². The van der Waals surface area contributed by atoms with E-state index in [1.165, 1.54) is 6.08 Å². The molecule has 0 bridgehead atoms. The van der Waals surface area contributed by atoms with Crippen molar-refractivity contribution in [3.8, 4) is 12.1 Å². The van der Waals surface area contributed by atoms with Crippen LogP contribution in [0.3, 0.4) is 0 Å². The zero-order valence-electron chi connectivity index (χ0n) is 8.02. The summed E-state index contributed by atoms with van der Waals surface area (Å²) in [5.41, 5.74) is 1.06. The molecule has 0 spiro atoms. The van der Waals surface area contributed by atoms with E-state index in [1.54, 1.807) is 12.1 Å². The van der Waals surface area contributed by atoms with Gasteiger partial charge in [-0.05, 0) is 27.6 Å². The smallest absolute Gasteiger partial charge is 0.106 e. The van der Waals surface area contributed by atoms with E-state index in [4.69, 9.17) is 10.5 Å². The zero-order valence-corrected chi connectivity index (χ0v) is 9.61. The maximum atomic E-state index is 8.19. The highest BCUT2D eigenvalue weighted by Gasteiger charge is 1.79. The summed E-state index contributed by atoms with van der Waals surface area (Å²) in [6.45, 7) is 3.23. The average Bonchev–Trinajstić information content (AvgIpc) is 2.28. The third kappa shape index (κ3) is 8.49. The quantitative estimate of drug-likeness (QED) is 0.724. The van der Waals surface area contributed by atoms with Crippen molar-refractivity contribution in [3.05, 3.63) is 53.0 Å². The Labute approximate surface area is 97.9 Å². The predicted molar refractivity (Wildman–Crippen MR) is 64.8 cm³/mol. The summed E-state index contributed by atoms with van der Waals surface area (Å²) >= 11 is 2.82. The Morgan fingerprint density at radius 3 is 2.20 bits per heavy atom. The number of nitriles is 2. The summed E-state index contributed by atoms with van der Waals surface area (Å²) in [7, 11) is 0. The molecule has 1 aromatic carbocycles. The monoisotopic (exact) mass is 260 g/mol. The van der Waals surface area contributed by atoms with Crippen molar-refractivity contribution < 1.29 is 0 Å². The molecule has 2 nitrogen and oxygen atoms in total. The summed E-state index contributed by atoms with van der Waals surface area (Å²) < 4.78 is 0.373. The minimum atomic E-state index is 0.373. The molecule has 3 heteroatoms. The topological polar surface area (TPSA) is 47.6 Å². The molecule has 0 amide bonds. The van der Waals surface area contributed by atoms with Gasteiger partial charge >= 0.3 is 0 Å². The van der Waals surface area contributed by atoms with Crippen LogP contribution in [0.1, 0.15) is 5.56 Å². The molecule has 1 rings (SSSR count). The van der Waals surface area contributed by atoms with Gasteiger partial charge in [0.2, 0.25) is 0 Å². The molecule has 0 saturated heterocycles. The first kappa shape index (κ1) is 13.2. The van der Waals surface area contributed by atoms with Gasteiger partial charge in [0.1, 0.15) is 6.07 Å². The molecule has 0 fully saturated rings. The molecule has 0 radical (unpaired) electrons. The van der Waals surface area contributed by atoms with E-state index < -0.39 is 0 Å². The van der Waals surface area contributed by atoms with E-state index in [0.29, 0.717) is 4.48 Å². The van der Waals surface area contributed by atoms with Gasteiger partial charge in [0.25, 0.3) is 0 Å². The van der Waals surface area contributed by atoms with Gasteiger partial charge in [-0.3, -0.25) is 0 Å². The van der Waals surface area contributed by atoms with Crippen molar-refractivity contribution in [2.45, 2.75) is 0 Å². The Balaban J connectivity index is 0.000000336. The lowest BCUT2D eigenvalue weighted by Crippen LogP contribution is -1.65. The fourth-order valence-corrected chi connectivity index (χ4v) is 0.698. The molecule has 0 unspecified atom stereocenters. The first-order chi connectivity index (χ1) is 7.20. The van der Waals surface area contributed by atoms with Gasteiger partial charge in [0.15, 0.2) is 0 Å². The van der Waals surface area contributed by atoms with Crippen LogP contribution in [-0.2, 0) is 0 Å². The lowest BCUT2D eigenvalue weighted by atomic mass is 10.2. The van der Waals surface area contributed by atoms with Crippen LogP contribution in [0.2, 0.25) is 0 Å². The van der Waals surface area contributed by atoms with Crippen LogP contribution in [0.25, 0.3) is 6.08 Å². The Bertz CT molecular complexity index is 407. The molecule has 1 aromatic rings. The molecular weight excluding hydrogens is 252 g/mol. The van der Waals surface area contributed by atoms with E-state index in [2.05, 4.69) is 22.5 Å². The fourth-order valence-electron chi connectivity index (χ4n) is 0.698. The van der Waals surface area contributed by atoms with Crippen molar-refractivity contribution in [3.63, 3.8) is 0 Å². The van der Waals surface area contributed by atoms with Crippen LogP contribution in [0.5, 0.6) is 0 Å². The second-order valence-corrected chi connectivity index (χ2v) is 3.35. The van der Waals surface area contributed by atoms with Gasteiger partial charge in [0, 0.05) is 6.08 Å². The number of halogens is 1. The maximum absolute atomic E-state index is 8.19. The number of allylic oxidation sites excluding steroid dienone is 2. The number of rotatable bonds is 1. The van der Waals surface area contributed by atoms with Crippen LogP contribution in [0.4, 0.5) is 0 Å². The third-order valence-electron chi connectivity index (χ3n) is 1.27. The summed E-state index contributed by atoms with van der Waals surface area (Å²) in [5.74, 6) is 0. The van der Waals surface area contributed by atoms with Crippen molar-refractivity contribution in [1.29, 1.82) is 10.5 Å². The highest BCUT2D eigenvalue weighted by molar-refractivity contribution is 9.12. The van der Waals surface area contributed by atoms with E-state index in [9.17, 15) is 0 Å². The third-order valence-corrected chi connectivity index (χ3v) is 1.45. The van der Waals surface area contributed by atoms with Gasteiger partial charge in [-0.15, -0.1) is 0 Å². The van der Waals surface area contributed by atoms with Crippen LogP contribution >= 0.6 is 15.9 Å². The zero-order chi connectivity index (χ0) is 11.5. The van der Waals surface area contributed by atoms with Crippen molar-refractivity contribution in [1.82, 2.24) is 0 Å². The second kappa shape index (κ2) is 8.74. The van der Waals surface area contributed by atoms with Gasteiger partial charge in [-0.1, -0.05) is 36.9 Å². The summed E-state index contributed by atoms with van der Waals surface area (Å²) in [6, 6.07) is 13.4. The molecule has 0 atom stereocenters. The maximum Gasteiger partial charge on any atom is 0.106 e. The molecule has 0 aliphatic rings. The molecule has 15 heavy (non-hydrogen) atoms. The summed E-state index contributed by atoms with van der Waals surface area (Å²) in [6.07, 6.45) is 3.25. The number of nitrogens with zero attached hydrogens (tertiary/aromatic N) is 2. The SMILES string of the molecule is C=C(Br)C#N.N#CC=Cc1ccccc1. The highest BCUT2D eigenvalue weighted by Crippen LogP contribution is 1.99. The molecule has 0 saturated carbocycles.